The van der Waals surface area contributed by atoms with Gasteiger partial charge in [0.2, 0.25) is 11.1 Å². The van der Waals surface area contributed by atoms with Crippen molar-refractivity contribution in [3.05, 3.63) is 29.3 Å². The molecule has 128 valence electrons. The summed E-state index contributed by atoms with van der Waals surface area (Å²) in [6, 6.07) is 7.20. The van der Waals surface area contributed by atoms with Crippen molar-refractivity contribution in [2.75, 3.05) is 24.7 Å². The lowest BCUT2D eigenvalue weighted by Gasteiger charge is -2.10. The molecule has 1 atom stereocenters. The third-order valence-corrected chi connectivity index (χ3v) is 4.81. The van der Waals surface area contributed by atoms with Crippen molar-refractivity contribution in [2.45, 2.75) is 24.1 Å². The molecule has 1 aliphatic rings. The molecule has 1 aromatic carbocycles. The van der Waals surface area contributed by atoms with Gasteiger partial charge in [-0.1, -0.05) is 35.5 Å². The molecule has 1 aromatic heterocycles. The summed E-state index contributed by atoms with van der Waals surface area (Å²) >= 11 is 7.21. The van der Waals surface area contributed by atoms with E-state index in [1.165, 1.54) is 16.4 Å². The van der Waals surface area contributed by atoms with Crippen LogP contribution in [0.1, 0.15) is 12.8 Å². The van der Waals surface area contributed by atoms with E-state index in [-0.39, 0.29) is 17.8 Å². The van der Waals surface area contributed by atoms with Crippen LogP contribution in [0, 0.1) is 0 Å². The fourth-order valence-electron chi connectivity index (χ4n) is 2.41. The molecule has 1 saturated heterocycles. The number of carbonyl (C=O) groups is 1. The number of nitrogens with zero attached hydrogens (tertiary/aromatic N) is 3. The third kappa shape index (κ3) is 4.19. The molecule has 24 heavy (non-hydrogen) atoms. The van der Waals surface area contributed by atoms with E-state index in [0.29, 0.717) is 22.5 Å². The maximum atomic E-state index is 11.9. The number of halogens is 1. The molecule has 0 bridgehead atoms. The molecule has 3 rings (SSSR count). The first-order valence-corrected chi connectivity index (χ1v) is 8.97. The second kappa shape index (κ2) is 7.87. The van der Waals surface area contributed by atoms with E-state index in [4.69, 9.17) is 22.2 Å². The van der Waals surface area contributed by atoms with Crippen LogP contribution in [0.25, 0.3) is 11.4 Å². The molecular weight excluding hydrogens is 350 g/mol. The number of ether oxygens (including phenoxy) is 1. The average Bonchev–Trinajstić information content (AvgIpc) is 3.21. The van der Waals surface area contributed by atoms with Gasteiger partial charge in [0.1, 0.15) is 0 Å². The number of carbonyl (C=O) groups excluding carboxylic acids is 1. The molecule has 2 heterocycles. The monoisotopic (exact) mass is 367 g/mol. The van der Waals surface area contributed by atoms with E-state index in [2.05, 4.69) is 15.5 Å². The van der Waals surface area contributed by atoms with Crippen molar-refractivity contribution in [3.63, 3.8) is 0 Å². The molecule has 0 aliphatic carbocycles. The molecule has 0 spiro atoms. The molecule has 1 aliphatic heterocycles. The summed E-state index contributed by atoms with van der Waals surface area (Å²) in [6.45, 7) is 1.32. The van der Waals surface area contributed by atoms with Crippen molar-refractivity contribution in [1.82, 2.24) is 20.2 Å². The largest absolute Gasteiger partial charge is 0.376 e. The molecule has 0 radical (unpaired) electrons. The number of hydrogen-bond donors (Lipinski definition) is 2. The number of thioether (sulfide) groups is 1. The van der Waals surface area contributed by atoms with Crippen molar-refractivity contribution in [1.29, 1.82) is 0 Å². The van der Waals surface area contributed by atoms with Crippen LogP contribution >= 0.6 is 23.4 Å². The Hall–Kier alpha value is -1.77. The maximum Gasteiger partial charge on any atom is 0.230 e. The Balaban J connectivity index is 1.55. The highest BCUT2D eigenvalue weighted by Crippen LogP contribution is 2.23. The summed E-state index contributed by atoms with van der Waals surface area (Å²) < 4.78 is 6.83. The second-order valence-electron chi connectivity index (χ2n) is 5.41. The van der Waals surface area contributed by atoms with Crippen molar-refractivity contribution in [3.8, 4) is 11.4 Å². The Bertz CT molecular complexity index is 718. The van der Waals surface area contributed by atoms with Gasteiger partial charge in [0.05, 0.1) is 11.9 Å². The highest BCUT2D eigenvalue weighted by atomic mass is 35.5. The number of nitrogens with two attached hydrogens (primary N) is 1. The number of aromatic nitrogens is 3. The smallest absolute Gasteiger partial charge is 0.230 e. The summed E-state index contributed by atoms with van der Waals surface area (Å²) in [4.78, 5) is 11.9. The van der Waals surface area contributed by atoms with E-state index in [0.717, 1.165) is 25.0 Å². The third-order valence-electron chi connectivity index (χ3n) is 3.63. The van der Waals surface area contributed by atoms with Gasteiger partial charge < -0.3 is 15.9 Å². The van der Waals surface area contributed by atoms with Gasteiger partial charge >= 0.3 is 0 Å². The summed E-state index contributed by atoms with van der Waals surface area (Å²) in [5.41, 5.74) is 0.771. The van der Waals surface area contributed by atoms with Gasteiger partial charge in [0.15, 0.2) is 5.82 Å². The number of rotatable bonds is 6. The quantitative estimate of drug-likeness (QED) is 0.596. The summed E-state index contributed by atoms with van der Waals surface area (Å²) in [5, 5.41) is 12.0. The Labute approximate surface area is 148 Å². The van der Waals surface area contributed by atoms with Crippen LogP contribution in [0.5, 0.6) is 0 Å². The first-order chi connectivity index (χ1) is 11.6. The predicted octanol–water partition coefficient (Wildman–Crippen LogP) is 1.70. The maximum absolute atomic E-state index is 11.9. The highest BCUT2D eigenvalue weighted by Gasteiger charge is 2.17. The number of benzene rings is 1. The number of nitrogen functional groups attached to an aromatic ring is 1. The summed E-state index contributed by atoms with van der Waals surface area (Å²) in [7, 11) is 0. The molecule has 3 N–H and O–H groups in total. The molecule has 1 amide bonds. The second-order valence-corrected chi connectivity index (χ2v) is 6.79. The lowest BCUT2D eigenvalue weighted by atomic mass is 10.2. The normalized spacial score (nSPS) is 17.1. The predicted molar refractivity (Wildman–Crippen MR) is 93.3 cm³/mol. The van der Waals surface area contributed by atoms with Crippen molar-refractivity contribution < 1.29 is 9.53 Å². The Morgan fingerprint density at radius 2 is 2.38 bits per heavy atom. The molecule has 0 saturated carbocycles. The molecule has 7 nitrogen and oxygen atoms in total. The van der Waals surface area contributed by atoms with Crippen LogP contribution in [0.3, 0.4) is 0 Å². The highest BCUT2D eigenvalue weighted by molar-refractivity contribution is 7.99. The van der Waals surface area contributed by atoms with E-state index in [1.54, 1.807) is 12.1 Å². The van der Waals surface area contributed by atoms with Crippen LogP contribution in [0.2, 0.25) is 5.02 Å². The van der Waals surface area contributed by atoms with Crippen LogP contribution in [0.15, 0.2) is 29.4 Å². The van der Waals surface area contributed by atoms with Crippen LogP contribution < -0.4 is 11.2 Å². The minimum Gasteiger partial charge on any atom is -0.376 e. The van der Waals surface area contributed by atoms with Gasteiger partial charge in [-0.05, 0) is 25.0 Å². The zero-order valence-electron chi connectivity index (χ0n) is 12.9. The van der Waals surface area contributed by atoms with E-state index >= 15 is 0 Å². The number of amides is 1. The molecular formula is C15H18ClN5O2S. The van der Waals surface area contributed by atoms with Crippen LogP contribution in [-0.4, -0.2) is 45.8 Å². The average molecular weight is 368 g/mol. The minimum absolute atomic E-state index is 0.0807. The number of nitrogens with one attached hydrogen (secondary N) is 1. The first-order valence-electron chi connectivity index (χ1n) is 7.61. The van der Waals surface area contributed by atoms with Crippen molar-refractivity contribution >= 4 is 29.3 Å². The molecule has 2 aromatic rings. The zero-order chi connectivity index (χ0) is 16.9. The fraction of sp³-hybridized carbons (Fsp3) is 0.400. The molecule has 1 unspecified atom stereocenters. The van der Waals surface area contributed by atoms with E-state index in [1.807, 2.05) is 12.1 Å². The van der Waals surface area contributed by atoms with Gasteiger partial charge in [-0.3, -0.25) is 4.79 Å². The van der Waals surface area contributed by atoms with Gasteiger partial charge in [0.25, 0.3) is 0 Å². The van der Waals surface area contributed by atoms with Gasteiger partial charge in [0, 0.05) is 23.7 Å². The molecule has 1 fully saturated rings. The fourth-order valence-corrected chi connectivity index (χ4v) is 3.29. The van der Waals surface area contributed by atoms with Gasteiger partial charge in [-0.25, -0.2) is 4.68 Å². The first kappa shape index (κ1) is 17.1. The SMILES string of the molecule is Nn1c(SCC(=O)NCC2CCCO2)nnc1-c1cccc(Cl)c1. The Kier molecular flexibility index (Phi) is 5.60. The van der Waals surface area contributed by atoms with Gasteiger partial charge in [-0.2, -0.15) is 0 Å². The standard InChI is InChI=1S/C15H18ClN5O2S/c16-11-4-1-3-10(7-11)14-19-20-15(21(14)17)24-9-13(22)18-8-12-5-2-6-23-12/h1,3-4,7,12H,2,5-6,8-9,17H2,(H,18,22). The molecule has 9 heteroatoms. The van der Waals surface area contributed by atoms with Gasteiger partial charge in [-0.15, -0.1) is 10.2 Å². The Morgan fingerprint density at radius 3 is 3.12 bits per heavy atom. The van der Waals surface area contributed by atoms with E-state index < -0.39 is 0 Å². The number of hydrogen-bond acceptors (Lipinski definition) is 6. The zero-order valence-corrected chi connectivity index (χ0v) is 14.5. The van der Waals surface area contributed by atoms with Crippen LogP contribution in [0.4, 0.5) is 0 Å². The lowest BCUT2D eigenvalue weighted by Crippen LogP contribution is -2.33. The topological polar surface area (TPSA) is 95.1 Å². The van der Waals surface area contributed by atoms with E-state index in [9.17, 15) is 4.79 Å². The summed E-state index contributed by atoms with van der Waals surface area (Å²) in [6.07, 6.45) is 2.18. The van der Waals surface area contributed by atoms with Crippen LogP contribution in [-0.2, 0) is 9.53 Å². The lowest BCUT2D eigenvalue weighted by molar-refractivity contribution is -0.119. The minimum atomic E-state index is -0.0807. The Morgan fingerprint density at radius 1 is 1.50 bits per heavy atom. The summed E-state index contributed by atoms with van der Waals surface area (Å²) in [5.74, 6) is 6.66. The van der Waals surface area contributed by atoms with Crippen molar-refractivity contribution in [2.24, 2.45) is 0 Å².